The maximum absolute atomic E-state index is 5.59. The van der Waals surface area contributed by atoms with Crippen LogP contribution in [0.25, 0.3) is 6.08 Å². The molecule has 8 heteroatoms. The third-order valence-corrected chi connectivity index (χ3v) is 4.15. The summed E-state index contributed by atoms with van der Waals surface area (Å²) in [6, 6.07) is 8.13. The van der Waals surface area contributed by atoms with Gasteiger partial charge < -0.3 is 37.9 Å². The maximum Gasteiger partial charge on any atom is 0.0718 e. The van der Waals surface area contributed by atoms with Crippen LogP contribution in [-0.2, 0) is 44.5 Å². The van der Waals surface area contributed by atoms with E-state index in [1.807, 2.05) is 30.3 Å². The molecule has 0 fully saturated rings. The molecule has 0 amide bonds. The van der Waals surface area contributed by atoms with Crippen LogP contribution in [0.5, 0.6) is 0 Å². The number of hydrogen-bond donors (Lipinski definition) is 0. The Morgan fingerprint density at radius 3 is 1.22 bits per heavy atom. The van der Waals surface area contributed by atoms with E-state index >= 15 is 0 Å². The molecule has 32 heavy (non-hydrogen) atoms. The largest absolute Gasteiger partial charge is 0.382 e. The summed E-state index contributed by atoms with van der Waals surface area (Å²) in [6.45, 7) is 12.0. The van der Waals surface area contributed by atoms with Gasteiger partial charge in [-0.3, -0.25) is 0 Å². The van der Waals surface area contributed by atoms with Gasteiger partial charge in [-0.05, 0) is 11.1 Å². The van der Waals surface area contributed by atoms with Gasteiger partial charge in [0.2, 0.25) is 0 Å². The third kappa shape index (κ3) is 18.2. The van der Waals surface area contributed by atoms with Gasteiger partial charge in [-0.15, -0.1) is 0 Å². The van der Waals surface area contributed by atoms with Gasteiger partial charge >= 0.3 is 0 Å². The lowest BCUT2D eigenvalue weighted by Gasteiger charge is -2.08. The van der Waals surface area contributed by atoms with Crippen LogP contribution in [0.4, 0.5) is 0 Å². The quantitative estimate of drug-likeness (QED) is 0.220. The van der Waals surface area contributed by atoms with Crippen LogP contribution in [0.15, 0.2) is 30.8 Å². The molecule has 184 valence electrons. The molecule has 0 saturated carbocycles. The van der Waals surface area contributed by atoms with Crippen molar-refractivity contribution in [3.05, 3.63) is 42.0 Å². The molecule has 0 unspecified atom stereocenters. The summed E-state index contributed by atoms with van der Waals surface area (Å²) in [5, 5.41) is 0. The van der Waals surface area contributed by atoms with Crippen molar-refractivity contribution in [3.63, 3.8) is 0 Å². The first-order valence-electron chi connectivity index (χ1n) is 11.1. The Bertz CT molecular complexity index is 523. The molecule has 0 N–H and O–H groups in total. The standard InChI is InChI=1S/C24H40O8/c1-3-23-4-6-24(7-5-23)22-32-21-20-31-19-18-30-17-16-29-15-14-28-13-12-27-11-10-26-9-8-25-2/h3-7H,1,8-22H2,2H3. The Balaban J connectivity index is 1.70. The minimum atomic E-state index is 0.534. The van der Waals surface area contributed by atoms with Gasteiger partial charge in [0, 0.05) is 7.11 Å². The van der Waals surface area contributed by atoms with Gasteiger partial charge in [-0.2, -0.15) is 0 Å². The molecule has 0 aliphatic heterocycles. The molecule has 1 aromatic rings. The molecular weight excluding hydrogens is 416 g/mol. The minimum absolute atomic E-state index is 0.534. The van der Waals surface area contributed by atoms with Crippen molar-refractivity contribution in [2.24, 2.45) is 0 Å². The summed E-state index contributed by atoms with van der Waals surface area (Å²) >= 11 is 0. The number of benzene rings is 1. The van der Waals surface area contributed by atoms with Gasteiger partial charge in [-0.25, -0.2) is 0 Å². The predicted molar refractivity (Wildman–Crippen MR) is 123 cm³/mol. The Kier molecular flexibility index (Phi) is 20.4. The molecule has 0 aliphatic rings. The minimum Gasteiger partial charge on any atom is -0.382 e. The smallest absolute Gasteiger partial charge is 0.0718 e. The summed E-state index contributed by atoms with van der Waals surface area (Å²) in [6.07, 6.45) is 1.82. The number of ether oxygens (including phenoxy) is 8. The first kappa shape index (κ1) is 28.7. The summed E-state index contributed by atoms with van der Waals surface area (Å²) in [4.78, 5) is 0. The van der Waals surface area contributed by atoms with E-state index in [0.717, 1.165) is 11.1 Å². The molecule has 0 heterocycles. The van der Waals surface area contributed by atoms with Gasteiger partial charge in [0.05, 0.1) is 99.1 Å². The highest BCUT2D eigenvalue weighted by Crippen LogP contribution is 2.06. The lowest BCUT2D eigenvalue weighted by atomic mass is 10.1. The van der Waals surface area contributed by atoms with Crippen LogP contribution in [-0.4, -0.2) is 99.6 Å². The second-order valence-electron chi connectivity index (χ2n) is 6.67. The molecule has 8 nitrogen and oxygen atoms in total. The summed E-state index contributed by atoms with van der Waals surface area (Å²) in [5.41, 5.74) is 2.24. The van der Waals surface area contributed by atoms with Crippen molar-refractivity contribution in [2.45, 2.75) is 6.61 Å². The summed E-state index contributed by atoms with van der Waals surface area (Å²) in [7, 11) is 1.65. The molecule has 0 bridgehead atoms. The molecule has 0 atom stereocenters. The number of hydrogen-bond acceptors (Lipinski definition) is 8. The van der Waals surface area contributed by atoms with E-state index in [2.05, 4.69) is 6.58 Å². The van der Waals surface area contributed by atoms with Crippen LogP contribution in [0.3, 0.4) is 0 Å². The fourth-order valence-corrected chi connectivity index (χ4v) is 2.40. The Labute approximate surface area is 192 Å². The Hall–Kier alpha value is -1.36. The van der Waals surface area contributed by atoms with E-state index < -0.39 is 0 Å². The first-order valence-corrected chi connectivity index (χ1v) is 11.1. The van der Waals surface area contributed by atoms with E-state index in [1.165, 1.54) is 0 Å². The summed E-state index contributed by atoms with van der Waals surface area (Å²) in [5.74, 6) is 0. The third-order valence-electron chi connectivity index (χ3n) is 4.15. The lowest BCUT2D eigenvalue weighted by Crippen LogP contribution is -2.14. The normalized spacial score (nSPS) is 11.2. The topological polar surface area (TPSA) is 73.8 Å². The molecule has 1 rings (SSSR count). The maximum atomic E-state index is 5.59. The van der Waals surface area contributed by atoms with Gasteiger partial charge in [0.1, 0.15) is 0 Å². The molecule has 0 aliphatic carbocycles. The zero-order valence-electron chi connectivity index (χ0n) is 19.5. The first-order chi connectivity index (χ1) is 15.9. The highest BCUT2D eigenvalue weighted by molar-refractivity contribution is 5.47. The molecule has 0 saturated heterocycles. The van der Waals surface area contributed by atoms with E-state index in [0.29, 0.717) is 99.1 Å². The van der Waals surface area contributed by atoms with E-state index in [4.69, 9.17) is 37.9 Å². The average molecular weight is 457 g/mol. The van der Waals surface area contributed by atoms with Gasteiger partial charge in [0.25, 0.3) is 0 Å². The van der Waals surface area contributed by atoms with Crippen LogP contribution in [0.2, 0.25) is 0 Å². The average Bonchev–Trinajstić information content (AvgIpc) is 2.82. The SMILES string of the molecule is C=Cc1ccc(COCCOCCOCCOCCOCCOCCOCCOC)cc1. The van der Waals surface area contributed by atoms with E-state index in [9.17, 15) is 0 Å². The highest BCUT2D eigenvalue weighted by Gasteiger charge is 1.96. The molecule has 1 aromatic carbocycles. The highest BCUT2D eigenvalue weighted by atomic mass is 16.6. The monoisotopic (exact) mass is 456 g/mol. The van der Waals surface area contributed by atoms with Crippen LogP contribution in [0, 0.1) is 0 Å². The van der Waals surface area contributed by atoms with Crippen LogP contribution < -0.4 is 0 Å². The van der Waals surface area contributed by atoms with E-state index in [-0.39, 0.29) is 0 Å². The van der Waals surface area contributed by atoms with Gasteiger partial charge in [0.15, 0.2) is 0 Å². The number of methoxy groups -OCH3 is 1. The van der Waals surface area contributed by atoms with E-state index in [1.54, 1.807) is 7.11 Å². The summed E-state index contributed by atoms with van der Waals surface area (Å²) < 4.78 is 42.9. The van der Waals surface area contributed by atoms with Crippen molar-refractivity contribution in [1.82, 2.24) is 0 Å². The lowest BCUT2D eigenvalue weighted by molar-refractivity contribution is -0.0226. The zero-order chi connectivity index (χ0) is 23.0. The van der Waals surface area contributed by atoms with Crippen LogP contribution >= 0.6 is 0 Å². The predicted octanol–water partition coefficient (Wildman–Crippen LogP) is 2.59. The molecular formula is C24H40O8. The van der Waals surface area contributed by atoms with Crippen molar-refractivity contribution >= 4 is 6.08 Å². The van der Waals surface area contributed by atoms with Gasteiger partial charge in [-0.1, -0.05) is 36.9 Å². The Morgan fingerprint density at radius 2 is 0.875 bits per heavy atom. The molecule has 0 spiro atoms. The van der Waals surface area contributed by atoms with Crippen molar-refractivity contribution in [2.75, 3.05) is 99.6 Å². The van der Waals surface area contributed by atoms with Crippen molar-refractivity contribution < 1.29 is 37.9 Å². The van der Waals surface area contributed by atoms with Crippen molar-refractivity contribution in [1.29, 1.82) is 0 Å². The second kappa shape index (κ2) is 22.8. The van der Waals surface area contributed by atoms with Crippen molar-refractivity contribution in [3.8, 4) is 0 Å². The fourth-order valence-electron chi connectivity index (χ4n) is 2.40. The van der Waals surface area contributed by atoms with Crippen LogP contribution in [0.1, 0.15) is 11.1 Å². The Morgan fingerprint density at radius 1 is 0.531 bits per heavy atom. The fraction of sp³-hybridized carbons (Fsp3) is 0.667. The number of rotatable bonds is 24. The second-order valence-corrected chi connectivity index (χ2v) is 6.67. The molecule has 0 aromatic heterocycles. The molecule has 0 radical (unpaired) electrons. The zero-order valence-corrected chi connectivity index (χ0v) is 19.5.